The third-order valence-electron chi connectivity index (χ3n) is 5.92. The SMILES string of the molecule is C#C.C=CC.O[C@@H]1CO[C@H]2[C@@H]1OC[C@H]2Oc1nc2nc(-c3ccc(-c4ccccc4)cc3)c(Cl)cc2[nH]1. The maximum absolute atomic E-state index is 9.90. The van der Waals surface area contributed by atoms with E-state index in [1.54, 1.807) is 12.1 Å². The second-order valence-corrected chi connectivity index (χ2v) is 8.81. The highest BCUT2D eigenvalue weighted by Gasteiger charge is 2.48. The number of nitrogens with zero attached hydrogens (tertiary/aromatic N) is 2. The molecule has 2 saturated heterocycles. The first-order valence-electron chi connectivity index (χ1n) is 11.8. The predicted octanol–water partition coefficient (Wildman–Crippen LogP) is 5.29. The number of terminal acetylenes is 1. The summed E-state index contributed by atoms with van der Waals surface area (Å²) in [6, 6.07) is 20.4. The van der Waals surface area contributed by atoms with Crippen molar-refractivity contribution in [1.29, 1.82) is 0 Å². The van der Waals surface area contributed by atoms with Gasteiger partial charge in [-0.05, 0) is 24.1 Å². The first-order chi connectivity index (χ1) is 18.1. The summed E-state index contributed by atoms with van der Waals surface area (Å²) in [6.07, 6.45) is 8.11. The number of hydrogen-bond acceptors (Lipinski definition) is 6. The van der Waals surface area contributed by atoms with Crippen LogP contribution >= 0.6 is 11.6 Å². The van der Waals surface area contributed by atoms with Crippen LogP contribution in [0.4, 0.5) is 0 Å². The van der Waals surface area contributed by atoms with Gasteiger partial charge in [-0.1, -0.05) is 72.3 Å². The standard InChI is InChI=1S/C24H20ClN3O4.C3H6.C2H2/c25-16-10-17-23(28-24(26-17)32-19-12-31-21-18(29)11-30-22(19)21)27-20(16)15-8-6-14(7-9-15)13-4-2-1-3-5-13;1-3-2;1-2/h1-10,18-19,21-22,29H,11-12H2,(H,26,27,28);3H,1H2,2H3;1-2H/t18-,19-,21-,22-;;/m1../s1. The molecule has 0 radical (unpaired) electrons. The number of ether oxygens (including phenoxy) is 3. The van der Waals surface area contributed by atoms with Crippen LogP contribution in [0.5, 0.6) is 6.01 Å². The number of imidazole rings is 1. The number of halogens is 1. The molecule has 4 atom stereocenters. The van der Waals surface area contributed by atoms with Gasteiger partial charge in [-0.25, -0.2) is 4.98 Å². The number of aliphatic hydroxyl groups excluding tert-OH is 1. The molecular formula is C29H28ClN3O4. The molecule has 0 unspecified atom stereocenters. The normalized spacial score (nSPS) is 21.8. The molecule has 8 heteroatoms. The van der Waals surface area contributed by atoms with E-state index in [4.69, 9.17) is 25.8 Å². The highest BCUT2D eigenvalue weighted by Crippen LogP contribution is 2.33. The van der Waals surface area contributed by atoms with Gasteiger partial charge in [-0.2, -0.15) is 4.98 Å². The van der Waals surface area contributed by atoms with E-state index in [2.05, 4.69) is 58.6 Å². The number of hydrogen-bond donors (Lipinski definition) is 2. The van der Waals surface area contributed by atoms with E-state index in [-0.39, 0.29) is 24.9 Å². The molecule has 37 heavy (non-hydrogen) atoms. The Morgan fingerprint density at radius 1 is 1.00 bits per heavy atom. The van der Waals surface area contributed by atoms with Crippen LogP contribution in [0, 0.1) is 12.8 Å². The zero-order valence-corrected chi connectivity index (χ0v) is 21.1. The molecule has 4 heterocycles. The van der Waals surface area contributed by atoms with Crippen molar-refractivity contribution < 1.29 is 19.3 Å². The van der Waals surface area contributed by atoms with Crippen molar-refractivity contribution in [3.05, 3.63) is 78.3 Å². The van der Waals surface area contributed by atoms with E-state index in [0.717, 1.165) is 16.7 Å². The summed E-state index contributed by atoms with van der Waals surface area (Å²) in [5.41, 5.74) is 5.02. The molecule has 0 saturated carbocycles. The van der Waals surface area contributed by atoms with Crippen LogP contribution in [-0.4, -0.2) is 57.7 Å². The third-order valence-corrected chi connectivity index (χ3v) is 6.20. The Balaban J connectivity index is 0.000000599. The van der Waals surface area contributed by atoms with Gasteiger partial charge in [0.1, 0.15) is 18.3 Å². The molecule has 2 fully saturated rings. The van der Waals surface area contributed by atoms with E-state index in [0.29, 0.717) is 34.5 Å². The molecule has 2 aromatic carbocycles. The lowest BCUT2D eigenvalue weighted by Gasteiger charge is -2.15. The van der Waals surface area contributed by atoms with Crippen molar-refractivity contribution in [2.24, 2.45) is 0 Å². The highest BCUT2D eigenvalue weighted by molar-refractivity contribution is 6.33. The molecule has 0 amide bonds. The van der Waals surface area contributed by atoms with Crippen LogP contribution in [0.3, 0.4) is 0 Å². The zero-order chi connectivity index (χ0) is 26.4. The molecule has 2 N–H and O–H groups in total. The van der Waals surface area contributed by atoms with Crippen LogP contribution in [-0.2, 0) is 9.47 Å². The first-order valence-corrected chi connectivity index (χ1v) is 12.2. The van der Waals surface area contributed by atoms with Crippen LogP contribution in [0.15, 0.2) is 73.3 Å². The van der Waals surface area contributed by atoms with Crippen molar-refractivity contribution in [2.75, 3.05) is 13.2 Å². The molecule has 2 aliphatic heterocycles. The smallest absolute Gasteiger partial charge is 0.296 e. The Bertz CT molecular complexity index is 1350. The lowest BCUT2D eigenvalue weighted by Crippen LogP contribution is -2.34. The Morgan fingerprint density at radius 3 is 2.32 bits per heavy atom. The Labute approximate surface area is 221 Å². The van der Waals surface area contributed by atoms with Gasteiger partial charge in [0, 0.05) is 5.56 Å². The summed E-state index contributed by atoms with van der Waals surface area (Å²) in [7, 11) is 0. The number of fused-ring (bicyclic) bond motifs is 2. The number of pyridine rings is 1. The van der Waals surface area contributed by atoms with Gasteiger partial charge >= 0.3 is 0 Å². The predicted molar refractivity (Wildman–Crippen MR) is 145 cm³/mol. The zero-order valence-electron chi connectivity index (χ0n) is 20.4. The fraction of sp³-hybridized carbons (Fsp3) is 0.241. The van der Waals surface area contributed by atoms with Crippen molar-refractivity contribution >= 4 is 22.8 Å². The quantitative estimate of drug-likeness (QED) is 0.282. The van der Waals surface area contributed by atoms with Crippen molar-refractivity contribution in [3.8, 4) is 41.2 Å². The number of aromatic nitrogens is 3. The number of H-pyrrole nitrogens is 1. The van der Waals surface area contributed by atoms with Crippen LogP contribution < -0.4 is 4.74 Å². The van der Waals surface area contributed by atoms with Crippen molar-refractivity contribution in [1.82, 2.24) is 15.0 Å². The molecule has 6 rings (SSSR count). The molecule has 7 nitrogen and oxygen atoms in total. The summed E-state index contributed by atoms with van der Waals surface area (Å²) in [4.78, 5) is 12.3. The van der Waals surface area contributed by atoms with Gasteiger partial charge in [-0.15, -0.1) is 19.4 Å². The Kier molecular flexibility index (Phi) is 8.59. The molecule has 2 aromatic heterocycles. The summed E-state index contributed by atoms with van der Waals surface area (Å²) < 4.78 is 17.2. The molecular weight excluding hydrogens is 490 g/mol. The number of rotatable bonds is 4. The number of benzene rings is 2. The fourth-order valence-corrected chi connectivity index (χ4v) is 4.55. The van der Waals surface area contributed by atoms with E-state index in [9.17, 15) is 5.11 Å². The van der Waals surface area contributed by atoms with E-state index in [1.807, 2.05) is 37.3 Å². The van der Waals surface area contributed by atoms with Gasteiger partial charge in [0.2, 0.25) is 0 Å². The summed E-state index contributed by atoms with van der Waals surface area (Å²) in [5.74, 6) is 0. The summed E-state index contributed by atoms with van der Waals surface area (Å²) in [6.45, 7) is 5.83. The summed E-state index contributed by atoms with van der Waals surface area (Å²) >= 11 is 6.54. The average Bonchev–Trinajstić information content (AvgIpc) is 3.62. The van der Waals surface area contributed by atoms with E-state index in [1.165, 1.54) is 0 Å². The van der Waals surface area contributed by atoms with Crippen molar-refractivity contribution in [2.45, 2.75) is 31.3 Å². The van der Waals surface area contributed by atoms with Gasteiger partial charge in [0.25, 0.3) is 6.01 Å². The number of allylic oxidation sites excluding steroid dienone is 1. The minimum absolute atomic E-state index is 0.249. The van der Waals surface area contributed by atoms with Gasteiger partial charge < -0.3 is 24.3 Å². The van der Waals surface area contributed by atoms with E-state index < -0.39 is 6.10 Å². The molecule has 0 aliphatic carbocycles. The molecule has 0 spiro atoms. The average molecular weight is 518 g/mol. The topological polar surface area (TPSA) is 89.5 Å². The second-order valence-electron chi connectivity index (χ2n) is 8.40. The van der Waals surface area contributed by atoms with Gasteiger partial charge in [-0.3, -0.25) is 0 Å². The second kappa shape index (κ2) is 12.0. The molecule has 2 aliphatic rings. The third kappa shape index (κ3) is 5.68. The molecule has 0 bridgehead atoms. The lowest BCUT2D eigenvalue weighted by atomic mass is 10.0. The Hall–Kier alpha value is -3.67. The van der Waals surface area contributed by atoms with E-state index >= 15 is 0 Å². The highest BCUT2D eigenvalue weighted by atomic mass is 35.5. The fourth-order valence-electron chi connectivity index (χ4n) is 4.29. The maximum Gasteiger partial charge on any atom is 0.296 e. The van der Waals surface area contributed by atoms with Gasteiger partial charge in [0.15, 0.2) is 11.8 Å². The number of nitrogens with one attached hydrogen (secondary N) is 1. The van der Waals surface area contributed by atoms with Crippen molar-refractivity contribution in [3.63, 3.8) is 0 Å². The first kappa shape index (κ1) is 26.4. The van der Waals surface area contributed by atoms with Gasteiger partial charge in [0.05, 0.1) is 29.4 Å². The Morgan fingerprint density at radius 2 is 1.62 bits per heavy atom. The van der Waals surface area contributed by atoms with Crippen LogP contribution in [0.25, 0.3) is 33.5 Å². The lowest BCUT2D eigenvalue weighted by molar-refractivity contribution is 0.00706. The number of aromatic amines is 1. The van der Waals surface area contributed by atoms with Crippen LogP contribution in [0.1, 0.15) is 6.92 Å². The monoisotopic (exact) mass is 517 g/mol. The summed E-state index contributed by atoms with van der Waals surface area (Å²) in [5, 5.41) is 10.4. The maximum atomic E-state index is 9.90. The number of aliphatic hydroxyl groups is 1. The minimum Gasteiger partial charge on any atom is -0.456 e. The minimum atomic E-state index is -0.624. The van der Waals surface area contributed by atoms with Crippen LogP contribution in [0.2, 0.25) is 5.02 Å². The molecule has 190 valence electrons. The largest absolute Gasteiger partial charge is 0.456 e. The molecule has 4 aromatic rings.